The summed E-state index contributed by atoms with van der Waals surface area (Å²) in [5, 5.41) is 13.2. The van der Waals surface area contributed by atoms with E-state index < -0.39 is 0 Å². The topological polar surface area (TPSA) is 39.1 Å². The second-order valence-electron chi connectivity index (χ2n) is 6.42. The maximum atomic E-state index is 9.54. The Morgan fingerprint density at radius 1 is 1.19 bits per heavy atom. The largest absolute Gasteiger partial charge is 0.313 e. The van der Waals surface area contributed by atoms with Gasteiger partial charge in [0.05, 0.1) is 12.0 Å². The van der Waals surface area contributed by atoms with E-state index in [2.05, 4.69) is 28.4 Å². The number of nitriles is 1. The van der Waals surface area contributed by atoms with Gasteiger partial charge in [0.25, 0.3) is 0 Å². The zero-order valence-corrected chi connectivity index (χ0v) is 12.7. The number of benzene rings is 1. The van der Waals surface area contributed by atoms with Gasteiger partial charge in [0.15, 0.2) is 0 Å². The summed E-state index contributed by atoms with van der Waals surface area (Å²) < 4.78 is 0. The van der Waals surface area contributed by atoms with E-state index in [1.807, 2.05) is 18.2 Å². The van der Waals surface area contributed by atoms with Gasteiger partial charge in [-0.25, -0.2) is 0 Å². The van der Waals surface area contributed by atoms with Gasteiger partial charge in [-0.15, -0.1) is 0 Å². The Morgan fingerprint density at radius 2 is 2.00 bits per heavy atom. The quantitative estimate of drug-likeness (QED) is 0.872. The fraction of sp³-hybridized carbons (Fsp3) is 0.611. The summed E-state index contributed by atoms with van der Waals surface area (Å²) in [5.74, 6) is -0.00427. The van der Waals surface area contributed by atoms with Gasteiger partial charge in [-0.1, -0.05) is 36.8 Å². The minimum Gasteiger partial charge on any atom is -0.313 e. The number of nitrogens with zero attached hydrogens (tertiary/aromatic N) is 2. The highest BCUT2D eigenvalue weighted by atomic mass is 15.2. The van der Waals surface area contributed by atoms with Crippen molar-refractivity contribution in [1.82, 2.24) is 10.2 Å². The van der Waals surface area contributed by atoms with Gasteiger partial charge in [-0.05, 0) is 37.8 Å². The summed E-state index contributed by atoms with van der Waals surface area (Å²) in [6.07, 6.45) is 6.55. The van der Waals surface area contributed by atoms with Crippen molar-refractivity contribution < 1.29 is 0 Å². The van der Waals surface area contributed by atoms with Crippen LogP contribution in [0, 0.1) is 11.3 Å². The van der Waals surface area contributed by atoms with Crippen LogP contribution in [-0.4, -0.2) is 36.6 Å². The summed E-state index contributed by atoms with van der Waals surface area (Å²) in [6, 6.07) is 14.1. The zero-order chi connectivity index (χ0) is 14.5. The molecule has 0 radical (unpaired) electrons. The van der Waals surface area contributed by atoms with Gasteiger partial charge in [0, 0.05) is 25.2 Å². The fourth-order valence-electron chi connectivity index (χ4n) is 3.32. The van der Waals surface area contributed by atoms with Crippen LogP contribution < -0.4 is 5.32 Å². The van der Waals surface area contributed by atoms with Gasteiger partial charge in [0.1, 0.15) is 0 Å². The van der Waals surface area contributed by atoms with Gasteiger partial charge in [-0.2, -0.15) is 5.26 Å². The second kappa shape index (κ2) is 7.06. The fourth-order valence-corrected chi connectivity index (χ4v) is 3.32. The lowest BCUT2D eigenvalue weighted by Gasteiger charge is -2.31. The standard InChI is InChI=1S/C18H25N3/c19-12-16(15-6-2-1-3-7-15)13-21(18-9-10-18)14-17-8-4-5-11-20-17/h1-3,6-7,16-18,20H,4-5,8-11,13-14H2. The van der Waals surface area contributed by atoms with Crippen LogP contribution in [0.15, 0.2) is 30.3 Å². The van der Waals surface area contributed by atoms with Crippen molar-refractivity contribution >= 4 is 0 Å². The summed E-state index contributed by atoms with van der Waals surface area (Å²) in [6.45, 7) is 3.14. The summed E-state index contributed by atoms with van der Waals surface area (Å²) in [7, 11) is 0. The summed E-state index contributed by atoms with van der Waals surface area (Å²) in [5.41, 5.74) is 1.15. The Morgan fingerprint density at radius 3 is 2.62 bits per heavy atom. The van der Waals surface area contributed by atoms with Crippen LogP contribution in [0.5, 0.6) is 0 Å². The molecule has 1 aliphatic heterocycles. The third-order valence-electron chi connectivity index (χ3n) is 4.71. The second-order valence-corrected chi connectivity index (χ2v) is 6.42. The third kappa shape index (κ3) is 4.06. The van der Waals surface area contributed by atoms with E-state index in [1.165, 1.54) is 32.1 Å². The predicted molar refractivity (Wildman–Crippen MR) is 85.0 cm³/mol. The van der Waals surface area contributed by atoms with Gasteiger partial charge in [0.2, 0.25) is 0 Å². The first-order valence-electron chi connectivity index (χ1n) is 8.29. The Kier molecular flexibility index (Phi) is 4.90. The van der Waals surface area contributed by atoms with Crippen LogP contribution in [0.3, 0.4) is 0 Å². The Hall–Kier alpha value is -1.37. The van der Waals surface area contributed by atoms with Crippen molar-refractivity contribution in [2.45, 2.75) is 50.1 Å². The molecular weight excluding hydrogens is 258 g/mol. The lowest BCUT2D eigenvalue weighted by Crippen LogP contribution is -2.45. The number of piperidine rings is 1. The zero-order valence-electron chi connectivity index (χ0n) is 12.7. The number of nitrogens with one attached hydrogen (secondary N) is 1. The van der Waals surface area contributed by atoms with E-state index in [0.29, 0.717) is 12.1 Å². The first-order chi connectivity index (χ1) is 10.4. The predicted octanol–water partition coefficient (Wildman–Crippen LogP) is 2.90. The first kappa shape index (κ1) is 14.6. The van der Waals surface area contributed by atoms with E-state index in [0.717, 1.165) is 25.2 Å². The Balaban J connectivity index is 1.62. The molecule has 1 saturated carbocycles. The maximum Gasteiger partial charge on any atom is 0.0839 e. The molecule has 1 aromatic carbocycles. The molecular formula is C18H25N3. The smallest absolute Gasteiger partial charge is 0.0839 e. The molecule has 1 aromatic rings. The van der Waals surface area contributed by atoms with Crippen LogP contribution in [-0.2, 0) is 0 Å². The maximum absolute atomic E-state index is 9.54. The molecule has 0 bridgehead atoms. The average molecular weight is 283 g/mol. The van der Waals surface area contributed by atoms with Crippen molar-refractivity contribution in [1.29, 1.82) is 5.26 Å². The van der Waals surface area contributed by atoms with Crippen molar-refractivity contribution in [2.24, 2.45) is 0 Å². The minimum atomic E-state index is -0.00427. The van der Waals surface area contributed by atoms with E-state index in [4.69, 9.17) is 0 Å². The molecule has 112 valence electrons. The summed E-state index contributed by atoms with van der Waals surface area (Å²) in [4.78, 5) is 2.56. The molecule has 2 atom stereocenters. The van der Waals surface area contributed by atoms with E-state index in [9.17, 15) is 5.26 Å². The number of hydrogen-bond donors (Lipinski definition) is 1. The molecule has 2 fully saturated rings. The van der Waals surface area contributed by atoms with E-state index in [-0.39, 0.29) is 5.92 Å². The molecule has 1 heterocycles. The van der Waals surface area contributed by atoms with E-state index in [1.54, 1.807) is 0 Å². The average Bonchev–Trinajstić information content (AvgIpc) is 3.38. The van der Waals surface area contributed by atoms with Crippen LogP contribution in [0.25, 0.3) is 0 Å². The molecule has 3 nitrogen and oxygen atoms in total. The lowest BCUT2D eigenvalue weighted by atomic mass is 9.99. The highest BCUT2D eigenvalue weighted by Gasteiger charge is 2.32. The SMILES string of the molecule is N#CC(CN(CC1CCCCN1)C1CC1)c1ccccc1. The minimum absolute atomic E-state index is 0.00427. The first-order valence-corrected chi connectivity index (χ1v) is 8.29. The molecule has 0 amide bonds. The molecule has 1 N–H and O–H groups in total. The van der Waals surface area contributed by atoms with Gasteiger partial charge < -0.3 is 5.32 Å². The molecule has 1 saturated heterocycles. The highest BCUT2D eigenvalue weighted by molar-refractivity contribution is 5.25. The summed E-state index contributed by atoms with van der Waals surface area (Å²) >= 11 is 0. The van der Waals surface area contributed by atoms with Crippen molar-refractivity contribution in [3.63, 3.8) is 0 Å². The molecule has 1 aliphatic carbocycles. The van der Waals surface area contributed by atoms with Crippen LogP contribution in [0.4, 0.5) is 0 Å². The Labute approximate surface area is 128 Å². The van der Waals surface area contributed by atoms with Crippen LogP contribution >= 0.6 is 0 Å². The lowest BCUT2D eigenvalue weighted by molar-refractivity contribution is 0.212. The van der Waals surface area contributed by atoms with Gasteiger partial charge >= 0.3 is 0 Å². The van der Waals surface area contributed by atoms with Crippen LogP contribution in [0.2, 0.25) is 0 Å². The molecule has 2 unspecified atom stereocenters. The van der Waals surface area contributed by atoms with Crippen LogP contribution in [0.1, 0.15) is 43.6 Å². The van der Waals surface area contributed by atoms with E-state index >= 15 is 0 Å². The number of hydrogen-bond acceptors (Lipinski definition) is 3. The van der Waals surface area contributed by atoms with Gasteiger partial charge in [-0.3, -0.25) is 4.90 Å². The Bertz CT molecular complexity index is 469. The molecule has 2 aliphatic rings. The molecule has 3 heteroatoms. The number of rotatable bonds is 6. The normalized spacial score (nSPS) is 23.7. The molecule has 3 rings (SSSR count). The van der Waals surface area contributed by atoms with Crippen molar-refractivity contribution in [2.75, 3.05) is 19.6 Å². The van der Waals surface area contributed by atoms with Crippen molar-refractivity contribution in [3.8, 4) is 6.07 Å². The third-order valence-corrected chi connectivity index (χ3v) is 4.71. The monoisotopic (exact) mass is 283 g/mol. The molecule has 21 heavy (non-hydrogen) atoms. The highest BCUT2D eigenvalue weighted by Crippen LogP contribution is 2.30. The molecule has 0 aromatic heterocycles. The molecule has 0 spiro atoms. The van der Waals surface area contributed by atoms with Crippen molar-refractivity contribution in [3.05, 3.63) is 35.9 Å².